The van der Waals surface area contributed by atoms with Gasteiger partial charge >= 0.3 is 0 Å². The molecule has 0 bridgehead atoms. The van der Waals surface area contributed by atoms with E-state index in [9.17, 15) is 9.59 Å². The molecule has 7 nitrogen and oxygen atoms in total. The second kappa shape index (κ2) is 11.5. The average molecular weight is 495 g/mol. The first kappa shape index (κ1) is 26.2. The molecule has 1 atom stereocenters. The molecule has 1 N–H and O–H groups in total. The van der Waals surface area contributed by atoms with Crippen molar-refractivity contribution in [1.82, 2.24) is 20.0 Å². The number of rotatable bonds is 10. The van der Waals surface area contributed by atoms with Gasteiger partial charge in [-0.1, -0.05) is 46.5 Å². The average Bonchev–Trinajstić information content (AvgIpc) is 3.29. The summed E-state index contributed by atoms with van der Waals surface area (Å²) in [6, 6.07) is 9.90. The van der Waals surface area contributed by atoms with Gasteiger partial charge in [0, 0.05) is 18.2 Å². The predicted octanol–water partition coefficient (Wildman–Crippen LogP) is 5.44. The van der Waals surface area contributed by atoms with E-state index in [0.717, 1.165) is 62.0 Å². The zero-order chi connectivity index (χ0) is 25.7. The van der Waals surface area contributed by atoms with E-state index in [0.29, 0.717) is 31.3 Å². The number of carbonyl (C=O) groups is 2. The highest BCUT2D eigenvalue weighted by Gasteiger charge is 2.48. The van der Waals surface area contributed by atoms with Gasteiger partial charge in [0.1, 0.15) is 17.0 Å². The van der Waals surface area contributed by atoms with Crippen molar-refractivity contribution in [2.45, 2.75) is 97.2 Å². The third-order valence-corrected chi connectivity index (χ3v) is 7.57. The number of carbonyl (C=O) groups excluding carboxylic acids is 2. The Labute approximate surface area is 215 Å². The zero-order valence-electron chi connectivity index (χ0n) is 22.4. The molecule has 1 aromatic heterocycles. The maximum atomic E-state index is 13.8. The van der Waals surface area contributed by atoms with Crippen LogP contribution in [0.15, 0.2) is 30.3 Å². The van der Waals surface area contributed by atoms with Crippen LogP contribution >= 0.6 is 0 Å². The Morgan fingerprint density at radius 2 is 1.92 bits per heavy atom. The molecule has 0 saturated heterocycles. The maximum absolute atomic E-state index is 13.8. The molecule has 2 aromatic rings. The summed E-state index contributed by atoms with van der Waals surface area (Å²) in [6.07, 6.45) is 8.51. The highest BCUT2D eigenvalue weighted by molar-refractivity contribution is 6.00. The Hall–Kier alpha value is -2.83. The highest BCUT2D eigenvalue weighted by atomic mass is 16.5. The Balaban J connectivity index is 1.58. The molecule has 2 heterocycles. The molecule has 0 unspecified atom stereocenters. The van der Waals surface area contributed by atoms with Crippen molar-refractivity contribution in [3.63, 3.8) is 0 Å². The van der Waals surface area contributed by atoms with E-state index in [1.54, 1.807) is 9.58 Å². The van der Waals surface area contributed by atoms with Crippen LogP contribution in [0.1, 0.15) is 89.5 Å². The van der Waals surface area contributed by atoms with E-state index in [2.05, 4.69) is 26.1 Å². The lowest BCUT2D eigenvalue weighted by Gasteiger charge is -2.44. The summed E-state index contributed by atoms with van der Waals surface area (Å²) >= 11 is 0. The molecule has 2 amide bonds. The number of fused-ring (bicyclic) bond motifs is 1. The van der Waals surface area contributed by atoms with Crippen molar-refractivity contribution in [2.24, 2.45) is 5.92 Å². The smallest absolute Gasteiger partial charge is 0.273 e. The maximum Gasteiger partial charge on any atom is 0.273 e. The molecule has 1 aromatic carbocycles. The monoisotopic (exact) mass is 494 g/mol. The van der Waals surface area contributed by atoms with Crippen LogP contribution in [0.3, 0.4) is 0 Å². The van der Waals surface area contributed by atoms with Gasteiger partial charge in [-0.05, 0) is 68.9 Å². The first-order chi connectivity index (χ1) is 17.3. The van der Waals surface area contributed by atoms with Gasteiger partial charge in [0.05, 0.1) is 18.8 Å². The lowest BCUT2D eigenvalue weighted by Crippen LogP contribution is -2.65. The molecule has 0 spiro atoms. The van der Waals surface area contributed by atoms with Crippen LogP contribution in [0.2, 0.25) is 0 Å². The summed E-state index contributed by atoms with van der Waals surface area (Å²) in [6.45, 7) is 9.94. The van der Waals surface area contributed by atoms with Crippen LogP contribution in [-0.4, -0.2) is 51.2 Å². The molecule has 1 saturated carbocycles. The number of nitrogens with zero attached hydrogens (tertiary/aromatic N) is 3. The number of hydrogen-bond donors (Lipinski definition) is 1. The molecule has 7 heteroatoms. The molecular weight excluding hydrogens is 452 g/mol. The minimum atomic E-state index is -0.976. The third-order valence-electron chi connectivity index (χ3n) is 7.57. The van der Waals surface area contributed by atoms with Crippen molar-refractivity contribution >= 4 is 11.8 Å². The number of nitrogens with one attached hydrogen (secondary N) is 1. The fourth-order valence-corrected chi connectivity index (χ4v) is 5.16. The largest absolute Gasteiger partial charge is 0.494 e. The van der Waals surface area contributed by atoms with Crippen molar-refractivity contribution in [1.29, 1.82) is 0 Å². The first-order valence-electron chi connectivity index (χ1n) is 13.8. The SMILES string of the molecule is CCCCOc1ccc(-c2cc3n(n2)C[C@@](C)(C(=O)NC2CCCCC2)N(CCC(C)C)C3=O)cc1. The Bertz CT molecular complexity index is 1040. The van der Waals surface area contributed by atoms with Gasteiger partial charge in [-0.15, -0.1) is 0 Å². The lowest BCUT2D eigenvalue weighted by atomic mass is 9.91. The summed E-state index contributed by atoms with van der Waals surface area (Å²) in [4.78, 5) is 29.2. The number of hydrogen-bond acceptors (Lipinski definition) is 4. The van der Waals surface area contributed by atoms with Crippen molar-refractivity contribution < 1.29 is 14.3 Å². The van der Waals surface area contributed by atoms with Crippen molar-refractivity contribution in [2.75, 3.05) is 13.2 Å². The van der Waals surface area contributed by atoms with Crippen LogP contribution in [0, 0.1) is 5.92 Å². The molecule has 1 aliphatic carbocycles. The summed E-state index contributed by atoms with van der Waals surface area (Å²) in [5.41, 5.74) is 1.23. The van der Waals surface area contributed by atoms with Gasteiger partial charge < -0.3 is 15.0 Å². The number of benzene rings is 1. The Morgan fingerprint density at radius 3 is 2.58 bits per heavy atom. The van der Waals surface area contributed by atoms with Crippen LogP contribution in [0.4, 0.5) is 0 Å². The molecule has 196 valence electrons. The summed E-state index contributed by atoms with van der Waals surface area (Å²) in [7, 11) is 0. The molecule has 0 radical (unpaired) electrons. The molecule has 1 fully saturated rings. The van der Waals surface area contributed by atoms with Gasteiger partial charge in [0.15, 0.2) is 0 Å². The fourth-order valence-electron chi connectivity index (χ4n) is 5.16. The standard InChI is InChI=1S/C29H42N4O3/c1-5-6-18-36-24-14-12-22(13-15-24)25-19-26-27(34)32(17-16-21(2)3)29(4,20-33(26)31-25)28(35)30-23-10-8-7-9-11-23/h12-15,19,21,23H,5-11,16-18,20H2,1-4H3,(H,30,35)/t29-/m0/s1. The van der Waals surface area contributed by atoms with Crippen LogP contribution in [0.5, 0.6) is 5.75 Å². The summed E-state index contributed by atoms with van der Waals surface area (Å²) in [5.74, 6) is 1.08. The normalized spacial score (nSPS) is 20.5. The number of ether oxygens (including phenoxy) is 1. The van der Waals surface area contributed by atoms with Gasteiger partial charge in [-0.25, -0.2) is 0 Å². The molecule has 4 rings (SSSR count). The van der Waals surface area contributed by atoms with E-state index in [4.69, 9.17) is 9.84 Å². The molecular formula is C29H42N4O3. The van der Waals surface area contributed by atoms with Crippen LogP contribution in [-0.2, 0) is 11.3 Å². The van der Waals surface area contributed by atoms with Crippen molar-refractivity contribution in [3.8, 4) is 17.0 Å². The molecule has 36 heavy (non-hydrogen) atoms. The van der Waals surface area contributed by atoms with Gasteiger partial charge in [0.25, 0.3) is 5.91 Å². The Morgan fingerprint density at radius 1 is 1.19 bits per heavy atom. The first-order valence-corrected chi connectivity index (χ1v) is 13.8. The second-order valence-corrected chi connectivity index (χ2v) is 11.0. The van der Waals surface area contributed by atoms with Gasteiger partial charge in [-0.2, -0.15) is 5.10 Å². The highest BCUT2D eigenvalue weighted by Crippen LogP contribution is 2.32. The summed E-state index contributed by atoms with van der Waals surface area (Å²) < 4.78 is 7.51. The molecule has 1 aliphatic heterocycles. The van der Waals surface area contributed by atoms with Gasteiger partial charge in [0.2, 0.25) is 5.91 Å². The Kier molecular flexibility index (Phi) is 8.37. The number of aromatic nitrogens is 2. The lowest BCUT2D eigenvalue weighted by molar-refractivity contribution is -0.134. The number of amides is 2. The topological polar surface area (TPSA) is 76.5 Å². The zero-order valence-corrected chi connectivity index (χ0v) is 22.4. The van der Waals surface area contributed by atoms with Crippen molar-refractivity contribution in [3.05, 3.63) is 36.0 Å². The van der Waals surface area contributed by atoms with Crippen LogP contribution in [0.25, 0.3) is 11.3 Å². The van der Waals surface area contributed by atoms with Gasteiger partial charge in [-0.3, -0.25) is 14.3 Å². The third kappa shape index (κ3) is 5.76. The summed E-state index contributed by atoms with van der Waals surface area (Å²) in [5, 5.41) is 8.06. The predicted molar refractivity (Wildman–Crippen MR) is 142 cm³/mol. The van der Waals surface area contributed by atoms with E-state index in [1.807, 2.05) is 37.3 Å². The van der Waals surface area contributed by atoms with E-state index < -0.39 is 5.54 Å². The second-order valence-electron chi connectivity index (χ2n) is 11.0. The van der Waals surface area contributed by atoms with E-state index >= 15 is 0 Å². The minimum absolute atomic E-state index is 0.0669. The van der Waals surface area contributed by atoms with E-state index in [1.165, 1.54) is 6.42 Å². The van der Waals surface area contributed by atoms with Crippen LogP contribution < -0.4 is 10.1 Å². The van der Waals surface area contributed by atoms with E-state index in [-0.39, 0.29) is 17.9 Å². The fraction of sp³-hybridized carbons (Fsp3) is 0.621. The number of unbranched alkanes of at least 4 members (excludes halogenated alkanes) is 1. The molecule has 2 aliphatic rings. The quantitative estimate of drug-likeness (QED) is 0.446. The minimum Gasteiger partial charge on any atom is -0.494 e.